The van der Waals surface area contributed by atoms with E-state index in [1.807, 2.05) is 39.8 Å². The van der Waals surface area contributed by atoms with Crippen molar-refractivity contribution in [3.8, 4) is 0 Å². The molecule has 0 aliphatic heterocycles. The number of carbonyl (C=O) groups is 1. The number of allylic oxidation sites excluding steroid dienone is 5. The maximum absolute atomic E-state index is 11.3. The molecule has 5 nitrogen and oxygen atoms in total. The van der Waals surface area contributed by atoms with E-state index < -0.39 is 0 Å². The van der Waals surface area contributed by atoms with Gasteiger partial charge >= 0.3 is 5.97 Å². The lowest BCUT2D eigenvalue weighted by Gasteiger charge is -2.28. The van der Waals surface area contributed by atoms with Crippen LogP contribution in [0.5, 0.6) is 0 Å². The maximum Gasteiger partial charge on any atom is 0.306 e. The van der Waals surface area contributed by atoms with Gasteiger partial charge in [-0.05, 0) is 52.0 Å². The van der Waals surface area contributed by atoms with Crippen LogP contribution in [-0.4, -0.2) is 35.2 Å². The smallest absolute Gasteiger partial charge is 0.306 e. The molecule has 0 saturated heterocycles. The molecule has 0 fully saturated rings. The van der Waals surface area contributed by atoms with Gasteiger partial charge in [0.15, 0.2) is 0 Å². The highest BCUT2D eigenvalue weighted by Crippen LogP contribution is 2.21. The van der Waals surface area contributed by atoms with E-state index in [0.29, 0.717) is 12.3 Å². The molecule has 0 amide bonds. The summed E-state index contributed by atoms with van der Waals surface area (Å²) in [7, 11) is 0. The number of hydrogen-bond acceptors (Lipinski definition) is 6. The highest BCUT2D eigenvalue weighted by atomic mass is 32.1. The molecule has 34 heavy (non-hydrogen) atoms. The van der Waals surface area contributed by atoms with Gasteiger partial charge in [0, 0.05) is 18.2 Å². The summed E-state index contributed by atoms with van der Waals surface area (Å²) in [6.07, 6.45) is 12.2. The van der Waals surface area contributed by atoms with Crippen LogP contribution in [-0.2, 0) is 9.53 Å². The molecule has 0 aliphatic carbocycles. The van der Waals surface area contributed by atoms with Crippen LogP contribution in [0.15, 0.2) is 48.2 Å². The van der Waals surface area contributed by atoms with Gasteiger partial charge in [0.2, 0.25) is 0 Å². The first-order valence-corrected chi connectivity index (χ1v) is 13.0. The van der Waals surface area contributed by atoms with Crippen molar-refractivity contribution in [2.75, 3.05) is 13.2 Å². The topological polar surface area (TPSA) is 84.6 Å². The Labute approximate surface area is 217 Å². The fraction of sp³-hybridized carbons (Fsp3) is 0.679. The van der Waals surface area contributed by atoms with Crippen LogP contribution in [0.4, 0.5) is 0 Å². The zero-order valence-corrected chi connectivity index (χ0v) is 24.7. The summed E-state index contributed by atoms with van der Waals surface area (Å²) in [5.74, 6) is 0.359. The Kier molecular flexibility index (Phi) is 32.4. The summed E-state index contributed by atoms with van der Waals surface area (Å²) in [5, 5.41) is 12.1. The molecule has 0 aromatic carbocycles. The van der Waals surface area contributed by atoms with Crippen LogP contribution in [0.3, 0.4) is 0 Å². The SMILES string of the molecule is C=C/C=C(\C=C/C)COC(=O)CC[C@H](N)CO.CC.CC=C(C)NC(C)(S)CC(C)C.CCC. The van der Waals surface area contributed by atoms with Crippen molar-refractivity contribution >= 4 is 18.6 Å². The molecule has 0 saturated carbocycles. The third-order valence-electron chi connectivity index (χ3n) is 3.77. The lowest BCUT2D eigenvalue weighted by molar-refractivity contribution is -0.142. The second-order valence-electron chi connectivity index (χ2n) is 8.29. The number of ether oxygens (including phenoxy) is 1. The lowest BCUT2D eigenvalue weighted by Crippen LogP contribution is -2.36. The Bertz CT molecular complexity index is 568. The number of nitrogens with two attached hydrogens (primary N) is 1. The fourth-order valence-electron chi connectivity index (χ4n) is 2.49. The largest absolute Gasteiger partial charge is 0.461 e. The average Bonchev–Trinajstić information content (AvgIpc) is 2.77. The Hall–Kier alpha value is -1.50. The van der Waals surface area contributed by atoms with Crippen molar-refractivity contribution in [3.05, 3.63) is 48.2 Å². The molecule has 0 aliphatic rings. The molecular weight excluding hydrogens is 444 g/mol. The minimum atomic E-state index is -0.360. The molecule has 0 radical (unpaired) electrons. The Morgan fingerprint density at radius 1 is 1.26 bits per heavy atom. The first-order valence-electron chi connectivity index (χ1n) is 12.5. The summed E-state index contributed by atoms with van der Waals surface area (Å²) in [4.78, 5) is 11.3. The summed E-state index contributed by atoms with van der Waals surface area (Å²) in [5.41, 5.74) is 7.54. The predicted octanol–water partition coefficient (Wildman–Crippen LogP) is 6.95. The molecule has 0 bridgehead atoms. The predicted molar refractivity (Wildman–Crippen MR) is 155 cm³/mol. The number of hydrogen-bond donors (Lipinski definition) is 4. The molecule has 0 aromatic rings. The summed E-state index contributed by atoms with van der Waals surface area (Å²) >= 11 is 4.57. The molecule has 6 heteroatoms. The number of carbonyl (C=O) groups excluding carboxylic acids is 1. The fourth-order valence-corrected chi connectivity index (χ4v) is 3.03. The number of thiol groups is 1. The summed E-state index contributed by atoms with van der Waals surface area (Å²) in [6, 6.07) is -0.360. The van der Waals surface area contributed by atoms with Crippen molar-refractivity contribution in [1.82, 2.24) is 5.32 Å². The van der Waals surface area contributed by atoms with Gasteiger partial charge in [-0.1, -0.05) is 84.9 Å². The van der Waals surface area contributed by atoms with Gasteiger partial charge in [-0.2, -0.15) is 12.6 Å². The number of rotatable bonds is 12. The van der Waals surface area contributed by atoms with E-state index in [-0.39, 0.29) is 36.5 Å². The molecule has 1 unspecified atom stereocenters. The summed E-state index contributed by atoms with van der Waals surface area (Å²) < 4.78 is 5.06. The normalized spacial score (nSPS) is 13.8. The second kappa shape index (κ2) is 27.7. The number of aliphatic hydroxyl groups is 1. The molecule has 0 spiro atoms. The van der Waals surface area contributed by atoms with Gasteiger partial charge in [0.05, 0.1) is 11.5 Å². The highest BCUT2D eigenvalue weighted by molar-refractivity contribution is 7.81. The van der Waals surface area contributed by atoms with Crippen molar-refractivity contribution in [2.24, 2.45) is 11.7 Å². The van der Waals surface area contributed by atoms with E-state index in [9.17, 15) is 4.79 Å². The number of esters is 1. The number of nitrogens with one attached hydrogen (secondary N) is 1. The van der Waals surface area contributed by atoms with Crippen LogP contribution in [0.25, 0.3) is 0 Å². The van der Waals surface area contributed by atoms with Crippen molar-refractivity contribution in [2.45, 2.75) is 106 Å². The van der Waals surface area contributed by atoms with Crippen LogP contribution < -0.4 is 11.1 Å². The van der Waals surface area contributed by atoms with E-state index in [4.69, 9.17) is 15.6 Å². The third kappa shape index (κ3) is 32.7. The standard InChI is InChI=1S/C13H21NO3.C10H21NS.C3H8.C2H6/c1-3-5-11(6-4-2)10-17-13(16)8-7-12(14)9-15;1-6-9(4)11-10(5,12)7-8(2)3;1-3-2;1-2/h3-6,12,15H,1,7-10,14H2,2H3;6,8,11-12H,7H2,1-5H3;3H2,1-2H3;1-2H3/b6-4-,11-5+;;;/t12-;;;/m0.../s1. The number of aliphatic hydroxyl groups excluding tert-OH is 1. The molecule has 0 rings (SSSR count). The van der Waals surface area contributed by atoms with Gasteiger partial charge < -0.3 is 20.9 Å². The average molecular weight is 501 g/mol. The van der Waals surface area contributed by atoms with Gasteiger partial charge in [-0.25, -0.2) is 0 Å². The van der Waals surface area contributed by atoms with Gasteiger partial charge in [0.25, 0.3) is 0 Å². The van der Waals surface area contributed by atoms with Crippen LogP contribution in [0, 0.1) is 5.92 Å². The molecule has 2 atom stereocenters. The van der Waals surface area contributed by atoms with E-state index in [1.54, 1.807) is 12.2 Å². The first-order chi connectivity index (χ1) is 15.9. The van der Waals surface area contributed by atoms with Gasteiger partial charge in [-0.3, -0.25) is 4.79 Å². The quantitative estimate of drug-likeness (QED) is 0.101. The van der Waals surface area contributed by atoms with Crippen LogP contribution in [0.1, 0.15) is 94.9 Å². The lowest BCUT2D eigenvalue weighted by atomic mass is 10.0. The van der Waals surface area contributed by atoms with Gasteiger partial charge in [0.1, 0.15) is 6.61 Å². The van der Waals surface area contributed by atoms with E-state index in [0.717, 1.165) is 12.0 Å². The highest BCUT2D eigenvalue weighted by Gasteiger charge is 2.19. The first kappa shape index (κ1) is 39.7. The van der Waals surface area contributed by atoms with Crippen LogP contribution >= 0.6 is 12.6 Å². The molecule has 202 valence electrons. The Morgan fingerprint density at radius 2 is 1.79 bits per heavy atom. The summed E-state index contributed by atoms with van der Waals surface area (Å²) in [6.45, 7) is 24.5. The Balaban J connectivity index is -0.000000231. The zero-order valence-electron chi connectivity index (χ0n) is 23.8. The molecule has 4 N–H and O–H groups in total. The minimum absolute atomic E-state index is 0.0786. The van der Waals surface area contributed by atoms with E-state index in [2.05, 4.69) is 72.1 Å². The van der Waals surface area contributed by atoms with Crippen LogP contribution in [0.2, 0.25) is 0 Å². The monoisotopic (exact) mass is 500 g/mol. The molecule has 0 aromatic heterocycles. The van der Waals surface area contributed by atoms with E-state index in [1.165, 1.54) is 12.1 Å². The molecular formula is C28H56N2O3S. The third-order valence-corrected chi connectivity index (χ3v) is 4.07. The second-order valence-corrected chi connectivity index (χ2v) is 9.28. The minimum Gasteiger partial charge on any atom is -0.461 e. The van der Waals surface area contributed by atoms with E-state index >= 15 is 0 Å². The maximum atomic E-state index is 11.3. The van der Waals surface area contributed by atoms with Gasteiger partial charge in [-0.15, -0.1) is 0 Å². The molecule has 0 heterocycles. The Morgan fingerprint density at radius 3 is 2.18 bits per heavy atom. The van der Waals surface area contributed by atoms with Crippen molar-refractivity contribution < 1.29 is 14.6 Å². The zero-order chi connectivity index (χ0) is 27.6. The van der Waals surface area contributed by atoms with Crippen molar-refractivity contribution in [3.63, 3.8) is 0 Å². The van der Waals surface area contributed by atoms with Crippen molar-refractivity contribution in [1.29, 1.82) is 0 Å².